The van der Waals surface area contributed by atoms with Crippen LogP contribution in [0.3, 0.4) is 0 Å². The third kappa shape index (κ3) is 3.23. The zero-order valence-corrected chi connectivity index (χ0v) is 12.0. The zero-order valence-electron chi connectivity index (χ0n) is 10.4. The number of ether oxygens (including phenoxy) is 1. The van der Waals surface area contributed by atoms with Crippen molar-refractivity contribution in [3.63, 3.8) is 0 Å². The molecule has 18 heavy (non-hydrogen) atoms. The molecule has 1 unspecified atom stereocenters. The summed E-state index contributed by atoms with van der Waals surface area (Å²) in [6.45, 7) is 5.22. The van der Waals surface area contributed by atoms with E-state index in [1.165, 1.54) is 11.3 Å². The summed E-state index contributed by atoms with van der Waals surface area (Å²) in [5.74, 6) is -0.0285. The lowest BCUT2D eigenvalue weighted by molar-refractivity contribution is -0.129. The lowest BCUT2D eigenvalue weighted by Crippen LogP contribution is -2.55. The Hall–Kier alpha value is -0.620. The van der Waals surface area contributed by atoms with Crippen LogP contribution in [0, 0.1) is 0 Å². The highest BCUT2D eigenvalue weighted by Gasteiger charge is 2.29. The van der Waals surface area contributed by atoms with E-state index >= 15 is 0 Å². The molecule has 1 aliphatic rings. The Balaban J connectivity index is 1.94. The molecule has 0 bridgehead atoms. The minimum absolute atomic E-state index is 0.0285. The highest BCUT2D eigenvalue weighted by molar-refractivity contribution is 7.16. The van der Waals surface area contributed by atoms with Crippen LogP contribution in [-0.2, 0) is 9.53 Å². The molecule has 0 spiro atoms. The summed E-state index contributed by atoms with van der Waals surface area (Å²) in [6, 6.07) is 3.46. The summed E-state index contributed by atoms with van der Waals surface area (Å²) in [7, 11) is 0. The van der Waals surface area contributed by atoms with Crippen LogP contribution in [0.25, 0.3) is 0 Å². The number of carbonyl (C=O) groups is 1. The molecular formula is C12H17ClN2O2S. The Bertz CT molecular complexity index is 424. The fourth-order valence-electron chi connectivity index (χ4n) is 1.96. The molecule has 0 aromatic carbocycles. The average Bonchev–Trinajstić information content (AvgIpc) is 2.76. The maximum Gasteiger partial charge on any atom is 0.240 e. The van der Waals surface area contributed by atoms with Crippen LogP contribution in [0.2, 0.25) is 4.34 Å². The van der Waals surface area contributed by atoms with E-state index in [9.17, 15) is 4.79 Å². The van der Waals surface area contributed by atoms with Gasteiger partial charge in [-0.2, -0.15) is 0 Å². The average molecular weight is 289 g/mol. The normalized spacial score (nSPS) is 25.7. The molecule has 2 heterocycles. The summed E-state index contributed by atoms with van der Waals surface area (Å²) < 4.78 is 6.20. The van der Waals surface area contributed by atoms with E-state index in [-0.39, 0.29) is 24.1 Å². The molecule has 0 saturated carbocycles. The van der Waals surface area contributed by atoms with Gasteiger partial charge >= 0.3 is 0 Å². The first kappa shape index (κ1) is 13.8. The molecular weight excluding hydrogens is 272 g/mol. The van der Waals surface area contributed by atoms with E-state index in [0.29, 0.717) is 13.2 Å². The van der Waals surface area contributed by atoms with E-state index in [4.69, 9.17) is 16.3 Å². The molecule has 1 aromatic heterocycles. The van der Waals surface area contributed by atoms with Crippen LogP contribution in [0.1, 0.15) is 24.8 Å². The second-order valence-corrected chi connectivity index (χ2v) is 6.13. The molecule has 6 heteroatoms. The highest BCUT2D eigenvalue weighted by atomic mass is 35.5. The van der Waals surface area contributed by atoms with Crippen molar-refractivity contribution >= 4 is 28.8 Å². The summed E-state index contributed by atoms with van der Waals surface area (Å²) in [6.07, 6.45) is -0.0992. The standard InChI is InChI=1S/C12H17ClN2O2S/c1-7(9-3-4-10(13)18-9)15-12(16)11-8(2)17-6-5-14-11/h3-4,7-8,11,14H,5-6H2,1-2H3,(H,15,16)/t7?,8-,11+/m1/s1. The van der Waals surface area contributed by atoms with Crippen molar-refractivity contribution in [3.05, 3.63) is 21.3 Å². The Morgan fingerprint density at radius 3 is 3.06 bits per heavy atom. The van der Waals surface area contributed by atoms with Crippen molar-refractivity contribution in [2.75, 3.05) is 13.2 Å². The van der Waals surface area contributed by atoms with Crippen LogP contribution in [0.15, 0.2) is 12.1 Å². The van der Waals surface area contributed by atoms with Gasteiger partial charge in [0.05, 0.1) is 23.1 Å². The SMILES string of the molecule is CC(NC(=O)[C@H]1NCCO[C@@H]1C)c1ccc(Cl)s1. The molecule has 1 fully saturated rings. The third-order valence-corrected chi connectivity index (χ3v) is 4.39. The van der Waals surface area contributed by atoms with Crippen molar-refractivity contribution in [2.45, 2.75) is 32.0 Å². The molecule has 1 amide bonds. The van der Waals surface area contributed by atoms with Gasteiger partial charge in [-0.3, -0.25) is 4.79 Å². The Morgan fingerprint density at radius 1 is 1.67 bits per heavy atom. The molecule has 100 valence electrons. The van der Waals surface area contributed by atoms with Crippen LogP contribution in [0.5, 0.6) is 0 Å². The summed E-state index contributed by atoms with van der Waals surface area (Å²) in [5, 5.41) is 6.15. The first-order valence-corrected chi connectivity index (χ1v) is 7.18. The monoisotopic (exact) mass is 288 g/mol. The minimum atomic E-state index is -0.281. The molecule has 0 aliphatic carbocycles. The number of halogens is 1. The summed E-state index contributed by atoms with van der Waals surface area (Å²) in [4.78, 5) is 13.2. The van der Waals surface area contributed by atoms with Gasteiger partial charge in [0, 0.05) is 11.4 Å². The molecule has 1 saturated heterocycles. The van der Waals surface area contributed by atoms with Crippen LogP contribution >= 0.6 is 22.9 Å². The van der Waals surface area contributed by atoms with E-state index in [1.807, 2.05) is 26.0 Å². The van der Waals surface area contributed by atoms with E-state index in [2.05, 4.69) is 10.6 Å². The smallest absolute Gasteiger partial charge is 0.240 e. The predicted octanol–water partition coefficient (Wildman–Crippen LogP) is 1.96. The number of amides is 1. The Kier molecular flexibility index (Phi) is 4.61. The largest absolute Gasteiger partial charge is 0.375 e. The third-order valence-electron chi connectivity index (χ3n) is 2.98. The predicted molar refractivity (Wildman–Crippen MR) is 73.1 cm³/mol. The van der Waals surface area contributed by atoms with Crippen LogP contribution in [0.4, 0.5) is 0 Å². The first-order chi connectivity index (χ1) is 8.58. The van der Waals surface area contributed by atoms with Gasteiger partial charge in [-0.15, -0.1) is 11.3 Å². The van der Waals surface area contributed by atoms with Gasteiger partial charge in [-0.25, -0.2) is 0 Å². The van der Waals surface area contributed by atoms with Crippen molar-refractivity contribution in [2.24, 2.45) is 0 Å². The van der Waals surface area contributed by atoms with Gasteiger partial charge in [0.2, 0.25) is 5.91 Å². The van der Waals surface area contributed by atoms with E-state index in [1.54, 1.807) is 0 Å². The van der Waals surface area contributed by atoms with Gasteiger partial charge in [-0.1, -0.05) is 11.6 Å². The van der Waals surface area contributed by atoms with Gasteiger partial charge in [0.1, 0.15) is 6.04 Å². The molecule has 0 radical (unpaired) electrons. The molecule has 2 N–H and O–H groups in total. The molecule has 1 aromatic rings. The van der Waals surface area contributed by atoms with Crippen molar-refractivity contribution < 1.29 is 9.53 Å². The molecule has 3 atom stereocenters. The Labute approximate surface area is 116 Å². The fourth-order valence-corrected chi connectivity index (χ4v) is 3.03. The van der Waals surface area contributed by atoms with Gasteiger partial charge < -0.3 is 15.4 Å². The number of hydrogen-bond acceptors (Lipinski definition) is 4. The lowest BCUT2D eigenvalue weighted by atomic mass is 10.1. The molecule has 2 rings (SSSR count). The second kappa shape index (κ2) is 6.02. The minimum Gasteiger partial charge on any atom is -0.375 e. The van der Waals surface area contributed by atoms with Gasteiger partial charge in [0.15, 0.2) is 0 Å². The van der Waals surface area contributed by atoms with Gasteiger partial charge in [-0.05, 0) is 26.0 Å². The van der Waals surface area contributed by atoms with Crippen molar-refractivity contribution in [1.29, 1.82) is 0 Å². The number of nitrogens with one attached hydrogen (secondary N) is 2. The quantitative estimate of drug-likeness (QED) is 0.894. The zero-order chi connectivity index (χ0) is 13.1. The number of rotatable bonds is 3. The maximum absolute atomic E-state index is 12.1. The highest BCUT2D eigenvalue weighted by Crippen LogP contribution is 2.26. The number of thiophene rings is 1. The summed E-state index contributed by atoms with van der Waals surface area (Å²) in [5.41, 5.74) is 0. The van der Waals surface area contributed by atoms with Crippen LogP contribution in [-0.4, -0.2) is 31.2 Å². The first-order valence-electron chi connectivity index (χ1n) is 5.98. The lowest BCUT2D eigenvalue weighted by Gasteiger charge is -2.30. The van der Waals surface area contributed by atoms with Crippen molar-refractivity contribution in [1.82, 2.24) is 10.6 Å². The van der Waals surface area contributed by atoms with Crippen LogP contribution < -0.4 is 10.6 Å². The Morgan fingerprint density at radius 2 is 2.44 bits per heavy atom. The fraction of sp³-hybridized carbons (Fsp3) is 0.583. The van der Waals surface area contributed by atoms with Crippen molar-refractivity contribution in [3.8, 4) is 0 Å². The topological polar surface area (TPSA) is 50.4 Å². The molecule has 4 nitrogen and oxygen atoms in total. The van der Waals surface area contributed by atoms with E-state index < -0.39 is 0 Å². The summed E-state index contributed by atoms with van der Waals surface area (Å²) >= 11 is 7.37. The van der Waals surface area contributed by atoms with Gasteiger partial charge in [0.25, 0.3) is 0 Å². The second-order valence-electron chi connectivity index (χ2n) is 4.38. The maximum atomic E-state index is 12.1. The number of morpholine rings is 1. The number of hydrogen-bond donors (Lipinski definition) is 2. The van der Waals surface area contributed by atoms with E-state index in [0.717, 1.165) is 9.21 Å². The number of carbonyl (C=O) groups excluding carboxylic acids is 1. The molecule has 1 aliphatic heterocycles.